The first-order chi connectivity index (χ1) is 12.7. The molecule has 6 nitrogen and oxygen atoms in total. The second-order valence-electron chi connectivity index (χ2n) is 5.98. The van der Waals surface area contributed by atoms with Crippen molar-refractivity contribution in [1.29, 1.82) is 0 Å². The molecule has 2 heterocycles. The molecular weight excluding hydrogens is 432 g/mol. The lowest BCUT2D eigenvalue weighted by molar-refractivity contribution is -0.119. The van der Waals surface area contributed by atoms with E-state index < -0.39 is 6.04 Å². The number of nitrogens with zero attached hydrogens (tertiary/aromatic N) is 4. The van der Waals surface area contributed by atoms with Crippen molar-refractivity contribution in [2.75, 3.05) is 5.32 Å². The number of aryl methyl sites for hydroxylation is 1. The topological polar surface area (TPSA) is 64.7 Å². The Morgan fingerprint density at radius 3 is 2.44 bits per heavy atom. The van der Waals surface area contributed by atoms with Gasteiger partial charge in [0.05, 0.1) is 27.3 Å². The first-order valence-electron chi connectivity index (χ1n) is 7.93. The first kappa shape index (κ1) is 20.0. The molecule has 0 fully saturated rings. The van der Waals surface area contributed by atoms with Crippen molar-refractivity contribution in [2.24, 2.45) is 0 Å². The fourth-order valence-electron chi connectivity index (χ4n) is 2.39. The lowest BCUT2D eigenvalue weighted by Crippen LogP contribution is -2.24. The van der Waals surface area contributed by atoms with Gasteiger partial charge in [-0.1, -0.05) is 52.5 Å². The fourth-order valence-corrected chi connectivity index (χ4v) is 3.04. The molecule has 0 saturated heterocycles. The monoisotopic (exact) mass is 445 g/mol. The van der Waals surface area contributed by atoms with E-state index >= 15 is 0 Å². The first-order valence-corrected chi connectivity index (χ1v) is 9.44. The third-order valence-corrected chi connectivity index (χ3v) is 5.31. The number of nitrogens with one attached hydrogen (secondary N) is 1. The molecule has 1 unspecified atom stereocenters. The number of hydrogen-bond acceptors (Lipinski definition) is 3. The van der Waals surface area contributed by atoms with Crippen LogP contribution < -0.4 is 5.32 Å². The van der Waals surface area contributed by atoms with Crippen LogP contribution in [0.1, 0.15) is 24.2 Å². The number of rotatable bonds is 5. The molecule has 0 saturated carbocycles. The van der Waals surface area contributed by atoms with Crippen LogP contribution in [0.15, 0.2) is 30.6 Å². The fraction of sp³-hybridized carbons (Fsp3) is 0.235. The average Bonchev–Trinajstić information content (AvgIpc) is 3.12. The zero-order valence-electron chi connectivity index (χ0n) is 14.4. The molecule has 0 spiro atoms. The molecule has 0 aliphatic rings. The van der Waals surface area contributed by atoms with E-state index in [0.717, 1.165) is 5.56 Å². The van der Waals surface area contributed by atoms with E-state index in [0.29, 0.717) is 32.3 Å². The van der Waals surface area contributed by atoms with Gasteiger partial charge in [0.15, 0.2) is 5.82 Å². The van der Waals surface area contributed by atoms with Crippen LogP contribution in [-0.4, -0.2) is 25.5 Å². The smallest absolute Gasteiger partial charge is 0.250 e. The van der Waals surface area contributed by atoms with Crippen LogP contribution in [0.25, 0.3) is 0 Å². The van der Waals surface area contributed by atoms with E-state index in [2.05, 4.69) is 15.5 Å². The van der Waals surface area contributed by atoms with E-state index in [1.54, 1.807) is 43.1 Å². The summed E-state index contributed by atoms with van der Waals surface area (Å²) in [6, 6.07) is 4.73. The Labute approximate surface area is 176 Å². The summed E-state index contributed by atoms with van der Waals surface area (Å²) in [7, 11) is 0. The molecular formula is C17H15Cl4N5O. The van der Waals surface area contributed by atoms with Gasteiger partial charge in [-0.2, -0.15) is 10.2 Å². The Morgan fingerprint density at radius 2 is 1.81 bits per heavy atom. The minimum Gasteiger partial charge on any atom is -0.306 e. The van der Waals surface area contributed by atoms with Gasteiger partial charge in [-0.05, 0) is 31.5 Å². The van der Waals surface area contributed by atoms with Gasteiger partial charge < -0.3 is 5.32 Å². The highest BCUT2D eigenvalue weighted by Crippen LogP contribution is 2.25. The predicted octanol–water partition coefficient (Wildman–Crippen LogP) is 5.25. The number of anilines is 1. The molecule has 3 rings (SSSR count). The molecule has 142 valence electrons. The Balaban J connectivity index is 1.72. The molecule has 0 bridgehead atoms. The van der Waals surface area contributed by atoms with Crippen molar-refractivity contribution in [3.8, 4) is 0 Å². The Kier molecular flexibility index (Phi) is 6.01. The van der Waals surface area contributed by atoms with Crippen molar-refractivity contribution in [2.45, 2.75) is 26.4 Å². The van der Waals surface area contributed by atoms with Gasteiger partial charge in [-0.3, -0.25) is 14.2 Å². The van der Waals surface area contributed by atoms with Crippen LogP contribution in [0, 0.1) is 6.92 Å². The number of carbonyl (C=O) groups excluding carboxylic acids is 1. The number of aromatic nitrogens is 4. The van der Waals surface area contributed by atoms with Gasteiger partial charge in [-0.15, -0.1) is 0 Å². The predicted molar refractivity (Wildman–Crippen MR) is 108 cm³/mol. The van der Waals surface area contributed by atoms with Crippen molar-refractivity contribution < 1.29 is 4.79 Å². The van der Waals surface area contributed by atoms with E-state index in [1.807, 2.05) is 6.07 Å². The summed E-state index contributed by atoms with van der Waals surface area (Å²) in [5, 5.41) is 13.0. The Hall–Kier alpha value is -1.73. The van der Waals surface area contributed by atoms with Crippen LogP contribution in [0.3, 0.4) is 0 Å². The molecule has 0 radical (unpaired) electrons. The highest BCUT2D eigenvalue weighted by atomic mass is 35.5. The van der Waals surface area contributed by atoms with Crippen LogP contribution in [0.2, 0.25) is 20.1 Å². The standard InChI is InChI=1S/C17H15Cl4N5O/c1-9-14(20)8-26(23-9)10(2)17(27)22-16-15(21)7-25(24-16)6-11-3-4-12(18)13(19)5-11/h3-5,7-8,10H,6H2,1-2H3,(H,22,24,27). The molecule has 3 aromatic rings. The van der Waals surface area contributed by atoms with E-state index in [1.165, 1.54) is 4.68 Å². The molecule has 1 aromatic carbocycles. The van der Waals surface area contributed by atoms with Gasteiger partial charge in [-0.25, -0.2) is 0 Å². The summed E-state index contributed by atoms with van der Waals surface area (Å²) < 4.78 is 3.10. The van der Waals surface area contributed by atoms with Crippen LogP contribution in [0.4, 0.5) is 5.82 Å². The number of amides is 1. The summed E-state index contributed by atoms with van der Waals surface area (Å²) in [6.45, 7) is 3.90. The van der Waals surface area contributed by atoms with E-state index in [4.69, 9.17) is 46.4 Å². The SMILES string of the molecule is Cc1nn(C(C)C(=O)Nc2nn(Cc3ccc(Cl)c(Cl)c3)cc2Cl)cc1Cl. The third-order valence-electron chi connectivity index (χ3n) is 3.92. The minimum atomic E-state index is -0.576. The molecule has 10 heteroatoms. The maximum absolute atomic E-state index is 12.5. The van der Waals surface area contributed by atoms with Gasteiger partial charge in [0.2, 0.25) is 5.91 Å². The van der Waals surface area contributed by atoms with E-state index in [-0.39, 0.29) is 11.7 Å². The van der Waals surface area contributed by atoms with Crippen molar-refractivity contribution in [3.63, 3.8) is 0 Å². The lowest BCUT2D eigenvalue weighted by atomic mass is 10.2. The second kappa shape index (κ2) is 8.10. The molecule has 1 amide bonds. The number of hydrogen-bond donors (Lipinski definition) is 1. The van der Waals surface area contributed by atoms with Gasteiger partial charge in [0.25, 0.3) is 0 Å². The largest absolute Gasteiger partial charge is 0.306 e. The van der Waals surface area contributed by atoms with Crippen LogP contribution in [-0.2, 0) is 11.3 Å². The summed E-state index contributed by atoms with van der Waals surface area (Å²) in [5.41, 5.74) is 1.55. The number of halogens is 4. The quantitative estimate of drug-likeness (QED) is 0.581. The lowest BCUT2D eigenvalue weighted by Gasteiger charge is -2.11. The molecule has 2 aromatic heterocycles. The maximum Gasteiger partial charge on any atom is 0.250 e. The van der Waals surface area contributed by atoms with Crippen LogP contribution >= 0.6 is 46.4 Å². The average molecular weight is 447 g/mol. The van der Waals surface area contributed by atoms with Crippen molar-refractivity contribution in [3.05, 3.63) is 61.9 Å². The van der Waals surface area contributed by atoms with Gasteiger partial charge in [0.1, 0.15) is 11.1 Å². The molecule has 0 aliphatic heterocycles. The molecule has 1 N–H and O–H groups in total. The zero-order chi connectivity index (χ0) is 19.7. The maximum atomic E-state index is 12.5. The van der Waals surface area contributed by atoms with Gasteiger partial charge >= 0.3 is 0 Å². The number of carbonyl (C=O) groups is 1. The van der Waals surface area contributed by atoms with Crippen molar-refractivity contribution in [1.82, 2.24) is 19.6 Å². The second-order valence-corrected chi connectivity index (χ2v) is 7.61. The number of benzene rings is 1. The Morgan fingerprint density at radius 1 is 1.07 bits per heavy atom. The highest BCUT2D eigenvalue weighted by molar-refractivity contribution is 6.42. The summed E-state index contributed by atoms with van der Waals surface area (Å²) in [4.78, 5) is 12.5. The Bertz CT molecular complexity index is 978. The molecule has 0 aliphatic carbocycles. The third kappa shape index (κ3) is 4.58. The summed E-state index contributed by atoms with van der Waals surface area (Å²) >= 11 is 24.2. The van der Waals surface area contributed by atoms with Crippen LogP contribution in [0.5, 0.6) is 0 Å². The molecule has 27 heavy (non-hydrogen) atoms. The van der Waals surface area contributed by atoms with E-state index in [9.17, 15) is 4.79 Å². The summed E-state index contributed by atoms with van der Waals surface area (Å²) in [6.07, 6.45) is 3.23. The normalized spacial score (nSPS) is 12.2. The minimum absolute atomic E-state index is 0.267. The van der Waals surface area contributed by atoms with Crippen molar-refractivity contribution >= 4 is 58.1 Å². The molecule has 1 atom stereocenters. The zero-order valence-corrected chi connectivity index (χ0v) is 17.4. The highest BCUT2D eigenvalue weighted by Gasteiger charge is 2.20. The summed E-state index contributed by atoms with van der Waals surface area (Å²) in [5.74, 6) is -0.0422. The van der Waals surface area contributed by atoms with Gasteiger partial charge in [0, 0.05) is 12.4 Å².